The Morgan fingerprint density at radius 2 is 1.93 bits per heavy atom. The van der Waals surface area contributed by atoms with Gasteiger partial charge in [0.1, 0.15) is 0 Å². The highest BCUT2D eigenvalue weighted by atomic mass is 35.5. The van der Waals surface area contributed by atoms with Crippen LogP contribution < -0.4 is 20.5 Å². The molecule has 1 aliphatic carbocycles. The maximum atomic E-state index is 12.5. The van der Waals surface area contributed by atoms with Crippen LogP contribution in [0.1, 0.15) is 42.5 Å². The molecule has 0 aromatic heterocycles. The number of hydrogen-bond acceptors (Lipinski definition) is 5. The predicted octanol–water partition coefficient (Wildman–Crippen LogP) is 1.98. The minimum atomic E-state index is -0.938. The van der Waals surface area contributed by atoms with E-state index in [0.717, 1.165) is 19.3 Å². The number of primary amides is 1. The first-order valence-electron chi connectivity index (χ1n) is 8.59. The number of hydrogen-bond donors (Lipinski definition) is 3. The van der Waals surface area contributed by atoms with Crippen LogP contribution in [0.25, 0.3) is 0 Å². The van der Waals surface area contributed by atoms with Crippen molar-refractivity contribution in [1.29, 1.82) is 0 Å². The van der Waals surface area contributed by atoms with E-state index in [0.29, 0.717) is 12.8 Å². The van der Waals surface area contributed by atoms with E-state index in [1.807, 2.05) is 0 Å². The Hall–Kier alpha value is -2.48. The maximum Gasteiger partial charge on any atom is 0.311 e. The molecule has 9 heteroatoms. The Morgan fingerprint density at radius 1 is 1.26 bits per heavy atom. The number of rotatable bonds is 8. The summed E-state index contributed by atoms with van der Waals surface area (Å²) in [5.74, 6) is -1.78. The summed E-state index contributed by atoms with van der Waals surface area (Å²) in [4.78, 5) is 35.1. The summed E-state index contributed by atoms with van der Waals surface area (Å²) in [5, 5.41) is 12.4. The lowest BCUT2D eigenvalue weighted by atomic mass is 9.74. The molecule has 8 nitrogen and oxygen atoms in total. The molecule has 0 unspecified atom stereocenters. The second-order valence-electron chi connectivity index (χ2n) is 6.57. The smallest absolute Gasteiger partial charge is 0.311 e. The standard InChI is InChI=1S/C18H23ClN2O6/c1-26-13-8-11(7-12(19)15(13)27-9-14(20)22)16(23)21-10-18(17(24)25)5-3-2-4-6-18/h7-8H,2-6,9-10H2,1H3,(H2,20,22)(H,21,23)(H,24,25). The molecule has 2 rings (SSSR count). The number of halogens is 1. The van der Waals surface area contributed by atoms with Gasteiger partial charge in [-0.25, -0.2) is 0 Å². The molecule has 1 aromatic carbocycles. The van der Waals surface area contributed by atoms with E-state index in [9.17, 15) is 19.5 Å². The van der Waals surface area contributed by atoms with Gasteiger partial charge in [0, 0.05) is 12.1 Å². The van der Waals surface area contributed by atoms with Gasteiger partial charge < -0.3 is 25.6 Å². The lowest BCUT2D eigenvalue weighted by Crippen LogP contribution is -2.44. The molecule has 0 heterocycles. The maximum absolute atomic E-state index is 12.5. The van der Waals surface area contributed by atoms with E-state index in [1.165, 1.54) is 19.2 Å². The molecule has 2 amide bonds. The minimum absolute atomic E-state index is 0.0427. The van der Waals surface area contributed by atoms with Gasteiger partial charge in [-0.1, -0.05) is 30.9 Å². The third-order valence-corrected chi connectivity index (χ3v) is 4.98. The predicted molar refractivity (Wildman–Crippen MR) is 98.2 cm³/mol. The normalized spacial score (nSPS) is 15.6. The zero-order valence-electron chi connectivity index (χ0n) is 15.0. The second-order valence-corrected chi connectivity index (χ2v) is 6.98. The summed E-state index contributed by atoms with van der Waals surface area (Å²) in [7, 11) is 1.37. The molecule has 4 N–H and O–H groups in total. The van der Waals surface area contributed by atoms with Crippen LogP contribution in [0.3, 0.4) is 0 Å². The van der Waals surface area contributed by atoms with Crippen molar-refractivity contribution in [1.82, 2.24) is 5.32 Å². The lowest BCUT2D eigenvalue weighted by Gasteiger charge is -2.33. The van der Waals surface area contributed by atoms with E-state index in [-0.39, 0.29) is 35.2 Å². The fourth-order valence-electron chi connectivity index (χ4n) is 3.18. The minimum Gasteiger partial charge on any atom is -0.493 e. The molecule has 1 aliphatic rings. The van der Waals surface area contributed by atoms with E-state index >= 15 is 0 Å². The average Bonchev–Trinajstić information content (AvgIpc) is 2.64. The van der Waals surface area contributed by atoms with Crippen LogP contribution in [-0.2, 0) is 9.59 Å². The zero-order valence-corrected chi connectivity index (χ0v) is 15.8. The molecule has 27 heavy (non-hydrogen) atoms. The van der Waals surface area contributed by atoms with E-state index in [2.05, 4.69) is 5.32 Å². The Morgan fingerprint density at radius 3 is 2.48 bits per heavy atom. The summed E-state index contributed by atoms with van der Waals surface area (Å²) in [6.45, 7) is -0.343. The third kappa shape index (κ3) is 5.03. The number of ether oxygens (including phenoxy) is 2. The van der Waals surface area contributed by atoms with E-state index in [4.69, 9.17) is 26.8 Å². The highest BCUT2D eigenvalue weighted by Crippen LogP contribution is 2.38. The van der Waals surface area contributed by atoms with Crippen LogP contribution in [0.2, 0.25) is 5.02 Å². The van der Waals surface area contributed by atoms with Gasteiger partial charge in [-0.2, -0.15) is 0 Å². The largest absolute Gasteiger partial charge is 0.493 e. The summed E-state index contributed by atoms with van der Waals surface area (Å²) >= 11 is 6.14. The highest BCUT2D eigenvalue weighted by Gasteiger charge is 2.39. The molecule has 1 saturated carbocycles. The number of nitrogens with two attached hydrogens (primary N) is 1. The van der Waals surface area contributed by atoms with Crippen LogP contribution in [0.4, 0.5) is 0 Å². The van der Waals surface area contributed by atoms with Gasteiger partial charge >= 0.3 is 5.97 Å². The molecule has 0 aliphatic heterocycles. The molecule has 0 saturated heterocycles. The number of aliphatic carboxylic acids is 1. The topological polar surface area (TPSA) is 128 Å². The van der Waals surface area contributed by atoms with Gasteiger partial charge in [-0.3, -0.25) is 14.4 Å². The molecular formula is C18H23ClN2O6. The summed E-state index contributed by atoms with van der Waals surface area (Å²) in [5.41, 5.74) is 4.30. The number of carboxylic acids is 1. The molecular weight excluding hydrogens is 376 g/mol. The molecule has 0 atom stereocenters. The van der Waals surface area contributed by atoms with Gasteiger partial charge in [0.15, 0.2) is 18.1 Å². The number of benzene rings is 1. The Balaban J connectivity index is 2.14. The Bertz CT molecular complexity index is 731. The monoisotopic (exact) mass is 398 g/mol. The van der Waals surface area contributed by atoms with Crippen molar-refractivity contribution in [3.63, 3.8) is 0 Å². The summed E-state index contributed by atoms with van der Waals surface area (Å²) in [6, 6.07) is 2.77. The number of carbonyl (C=O) groups excluding carboxylic acids is 2. The average molecular weight is 399 g/mol. The Kier molecular flexibility index (Phi) is 6.90. The molecule has 1 fully saturated rings. The summed E-state index contributed by atoms with van der Waals surface area (Å²) < 4.78 is 10.4. The zero-order chi connectivity index (χ0) is 20.0. The highest BCUT2D eigenvalue weighted by molar-refractivity contribution is 6.32. The molecule has 0 bridgehead atoms. The van der Waals surface area contributed by atoms with Crippen LogP contribution in [0.15, 0.2) is 12.1 Å². The van der Waals surface area contributed by atoms with Crippen LogP contribution >= 0.6 is 11.6 Å². The first-order valence-corrected chi connectivity index (χ1v) is 8.97. The van der Waals surface area contributed by atoms with Gasteiger partial charge in [0.05, 0.1) is 17.5 Å². The second kappa shape index (κ2) is 8.94. The van der Waals surface area contributed by atoms with E-state index < -0.39 is 23.2 Å². The van der Waals surface area contributed by atoms with Crippen molar-refractivity contribution < 1.29 is 29.0 Å². The number of methoxy groups -OCH3 is 1. The van der Waals surface area contributed by atoms with Crippen molar-refractivity contribution in [2.75, 3.05) is 20.3 Å². The number of carboxylic acid groups (broad SMARTS) is 1. The van der Waals surface area contributed by atoms with Crippen LogP contribution in [0, 0.1) is 5.41 Å². The number of carbonyl (C=O) groups is 3. The fourth-order valence-corrected chi connectivity index (χ4v) is 3.45. The van der Waals surface area contributed by atoms with Crippen molar-refractivity contribution in [2.45, 2.75) is 32.1 Å². The van der Waals surface area contributed by atoms with Crippen LogP contribution in [0.5, 0.6) is 11.5 Å². The van der Waals surface area contributed by atoms with Crippen molar-refractivity contribution >= 4 is 29.4 Å². The Labute approximate surface area is 162 Å². The van der Waals surface area contributed by atoms with Crippen molar-refractivity contribution in [2.24, 2.45) is 11.1 Å². The first kappa shape index (κ1) is 20.8. The third-order valence-electron chi connectivity index (χ3n) is 4.70. The van der Waals surface area contributed by atoms with Gasteiger partial charge in [0.2, 0.25) is 0 Å². The summed E-state index contributed by atoms with van der Waals surface area (Å²) in [6.07, 6.45) is 3.73. The van der Waals surface area contributed by atoms with Gasteiger partial charge in [-0.05, 0) is 25.0 Å². The fraction of sp³-hybridized carbons (Fsp3) is 0.500. The molecule has 0 radical (unpaired) electrons. The van der Waals surface area contributed by atoms with Crippen molar-refractivity contribution in [3.05, 3.63) is 22.7 Å². The number of amides is 2. The van der Waals surface area contributed by atoms with Gasteiger partial charge in [-0.15, -0.1) is 0 Å². The van der Waals surface area contributed by atoms with Gasteiger partial charge in [0.25, 0.3) is 11.8 Å². The lowest BCUT2D eigenvalue weighted by molar-refractivity contribution is -0.150. The van der Waals surface area contributed by atoms with Crippen molar-refractivity contribution in [3.8, 4) is 11.5 Å². The first-order chi connectivity index (χ1) is 12.8. The van der Waals surface area contributed by atoms with Crippen LogP contribution in [-0.4, -0.2) is 43.2 Å². The molecule has 0 spiro atoms. The quantitative estimate of drug-likeness (QED) is 0.614. The molecule has 1 aromatic rings. The number of nitrogens with one attached hydrogen (secondary N) is 1. The SMILES string of the molecule is COc1cc(C(=O)NCC2(C(=O)O)CCCCC2)cc(Cl)c1OCC(N)=O. The molecule has 148 valence electrons. The van der Waals surface area contributed by atoms with E-state index in [1.54, 1.807) is 0 Å².